The molecule has 2 aromatic rings. The zero-order valence-corrected chi connectivity index (χ0v) is 15.7. The lowest BCUT2D eigenvalue weighted by atomic mass is 10.1. The van der Waals surface area contributed by atoms with E-state index in [9.17, 15) is 4.39 Å². The van der Waals surface area contributed by atoms with Crippen molar-refractivity contribution in [3.05, 3.63) is 58.9 Å². The predicted molar refractivity (Wildman–Crippen MR) is 103 cm³/mol. The van der Waals surface area contributed by atoms with Gasteiger partial charge in [0, 0.05) is 25.7 Å². The van der Waals surface area contributed by atoms with Crippen LogP contribution in [0.25, 0.3) is 0 Å². The van der Waals surface area contributed by atoms with Gasteiger partial charge in [0.1, 0.15) is 5.82 Å². The summed E-state index contributed by atoms with van der Waals surface area (Å²) in [5.74, 6) is 1.57. The minimum atomic E-state index is -0.359. The minimum absolute atomic E-state index is 0.234. The zero-order chi connectivity index (χ0) is 19.6. The number of nitrogens with zero attached hydrogens (tertiary/aromatic N) is 2. The van der Waals surface area contributed by atoms with E-state index in [1.807, 2.05) is 24.3 Å². The maximum Gasteiger partial charge on any atom is 0.191 e. The normalized spacial score (nSPS) is 10.9. The Bertz CT molecular complexity index is 846. The van der Waals surface area contributed by atoms with E-state index in [0.717, 1.165) is 12.0 Å². The summed E-state index contributed by atoms with van der Waals surface area (Å²) in [5.41, 5.74) is 1.92. The molecule has 0 unspecified atom stereocenters. The van der Waals surface area contributed by atoms with Gasteiger partial charge in [0.05, 0.1) is 25.9 Å². The number of halogens is 1. The van der Waals surface area contributed by atoms with Crippen molar-refractivity contribution in [1.29, 1.82) is 5.26 Å². The van der Waals surface area contributed by atoms with Gasteiger partial charge in [-0.05, 0) is 42.3 Å². The highest BCUT2D eigenvalue weighted by Gasteiger charge is 2.07. The van der Waals surface area contributed by atoms with Crippen molar-refractivity contribution >= 4 is 5.96 Å². The predicted octanol–water partition coefficient (Wildman–Crippen LogP) is 2.62. The molecule has 0 saturated carbocycles. The lowest BCUT2D eigenvalue weighted by Gasteiger charge is -2.13. The molecule has 0 spiro atoms. The highest BCUT2D eigenvalue weighted by molar-refractivity contribution is 5.79. The van der Waals surface area contributed by atoms with Crippen LogP contribution in [0.5, 0.6) is 11.5 Å². The van der Waals surface area contributed by atoms with Crippen LogP contribution in [0.2, 0.25) is 0 Å². The van der Waals surface area contributed by atoms with Gasteiger partial charge in [-0.2, -0.15) is 5.26 Å². The maximum absolute atomic E-state index is 13.8. The van der Waals surface area contributed by atoms with Gasteiger partial charge < -0.3 is 20.1 Å². The van der Waals surface area contributed by atoms with Crippen LogP contribution >= 0.6 is 0 Å². The SMILES string of the molecule is CN=C(NCCc1ccc(OC)c(OC)c1)NCc1cc(C#N)ccc1F. The molecule has 6 nitrogen and oxygen atoms in total. The van der Waals surface area contributed by atoms with Crippen LogP contribution in [0.3, 0.4) is 0 Å². The van der Waals surface area contributed by atoms with Crippen molar-refractivity contribution < 1.29 is 13.9 Å². The molecule has 0 aromatic heterocycles. The fourth-order valence-electron chi connectivity index (χ4n) is 2.54. The summed E-state index contributed by atoms with van der Waals surface area (Å²) in [6.07, 6.45) is 0.749. The van der Waals surface area contributed by atoms with Gasteiger partial charge in [0.15, 0.2) is 17.5 Å². The van der Waals surface area contributed by atoms with Crippen molar-refractivity contribution in [3.63, 3.8) is 0 Å². The number of nitriles is 1. The highest BCUT2D eigenvalue weighted by Crippen LogP contribution is 2.27. The van der Waals surface area contributed by atoms with E-state index in [0.29, 0.717) is 35.1 Å². The molecular weight excluding hydrogens is 347 g/mol. The Kier molecular flexibility index (Phi) is 7.44. The summed E-state index contributed by atoms with van der Waals surface area (Å²) in [6, 6.07) is 12.1. The molecule has 0 amide bonds. The van der Waals surface area contributed by atoms with Gasteiger partial charge in [0.25, 0.3) is 0 Å². The third-order valence-corrected chi connectivity index (χ3v) is 4.00. The average molecular weight is 370 g/mol. The van der Waals surface area contributed by atoms with Crippen LogP contribution in [-0.2, 0) is 13.0 Å². The summed E-state index contributed by atoms with van der Waals surface area (Å²) < 4.78 is 24.4. The third-order valence-electron chi connectivity index (χ3n) is 4.00. The number of methoxy groups -OCH3 is 2. The number of hydrogen-bond donors (Lipinski definition) is 2. The van der Waals surface area contributed by atoms with Crippen LogP contribution in [0.4, 0.5) is 4.39 Å². The van der Waals surface area contributed by atoms with Crippen molar-refractivity contribution in [3.8, 4) is 17.6 Å². The Balaban J connectivity index is 1.88. The van der Waals surface area contributed by atoms with E-state index >= 15 is 0 Å². The van der Waals surface area contributed by atoms with Crippen LogP contribution in [-0.4, -0.2) is 33.8 Å². The molecule has 27 heavy (non-hydrogen) atoms. The van der Waals surface area contributed by atoms with Crippen LogP contribution in [0, 0.1) is 17.1 Å². The number of rotatable bonds is 7. The lowest BCUT2D eigenvalue weighted by molar-refractivity contribution is 0.354. The van der Waals surface area contributed by atoms with Gasteiger partial charge in [-0.1, -0.05) is 6.07 Å². The van der Waals surface area contributed by atoms with E-state index in [2.05, 4.69) is 15.6 Å². The maximum atomic E-state index is 13.8. The molecule has 7 heteroatoms. The Morgan fingerprint density at radius 2 is 1.89 bits per heavy atom. The summed E-state index contributed by atoms with van der Waals surface area (Å²) in [6.45, 7) is 0.868. The Morgan fingerprint density at radius 3 is 2.56 bits per heavy atom. The second kappa shape index (κ2) is 10.0. The topological polar surface area (TPSA) is 78.7 Å². The molecule has 0 radical (unpaired) electrons. The van der Waals surface area contributed by atoms with Gasteiger partial charge in [0.2, 0.25) is 0 Å². The van der Waals surface area contributed by atoms with Crippen molar-refractivity contribution in [2.75, 3.05) is 27.8 Å². The largest absolute Gasteiger partial charge is 0.493 e. The molecule has 2 rings (SSSR count). The number of ether oxygens (including phenoxy) is 2. The summed E-state index contributed by atoms with van der Waals surface area (Å²) in [5, 5.41) is 15.2. The Morgan fingerprint density at radius 1 is 1.11 bits per heavy atom. The smallest absolute Gasteiger partial charge is 0.191 e. The number of benzene rings is 2. The standard InChI is InChI=1S/C20H23FN4O2/c1-23-20(25-13-16-10-15(12-22)4-6-17(16)21)24-9-8-14-5-7-18(26-2)19(11-14)27-3/h4-7,10-11H,8-9,13H2,1-3H3,(H2,23,24,25). The van der Waals surface area contributed by atoms with E-state index in [4.69, 9.17) is 14.7 Å². The van der Waals surface area contributed by atoms with Crippen molar-refractivity contribution in [2.24, 2.45) is 4.99 Å². The van der Waals surface area contributed by atoms with Crippen molar-refractivity contribution in [2.45, 2.75) is 13.0 Å². The summed E-state index contributed by atoms with van der Waals surface area (Å²) in [4.78, 5) is 4.13. The monoisotopic (exact) mass is 370 g/mol. The number of nitrogens with one attached hydrogen (secondary N) is 2. The van der Waals surface area contributed by atoms with Gasteiger partial charge >= 0.3 is 0 Å². The number of aliphatic imine (C=N–C) groups is 1. The van der Waals surface area contributed by atoms with E-state index in [1.54, 1.807) is 21.3 Å². The fraction of sp³-hybridized carbons (Fsp3) is 0.300. The van der Waals surface area contributed by atoms with Gasteiger partial charge in [-0.25, -0.2) is 4.39 Å². The lowest BCUT2D eigenvalue weighted by Crippen LogP contribution is -2.38. The molecule has 0 heterocycles. The minimum Gasteiger partial charge on any atom is -0.493 e. The van der Waals surface area contributed by atoms with Gasteiger partial charge in [-0.15, -0.1) is 0 Å². The first-order valence-electron chi connectivity index (χ1n) is 8.45. The van der Waals surface area contributed by atoms with Crippen LogP contribution in [0.1, 0.15) is 16.7 Å². The van der Waals surface area contributed by atoms with Gasteiger partial charge in [-0.3, -0.25) is 4.99 Å². The average Bonchev–Trinajstić information content (AvgIpc) is 2.71. The highest BCUT2D eigenvalue weighted by atomic mass is 19.1. The quantitative estimate of drug-likeness (QED) is 0.579. The molecule has 142 valence electrons. The summed E-state index contributed by atoms with van der Waals surface area (Å²) in [7, 11) is 4.85. The first kappa shape index (κ1) is 20.0. The molecule has 0 aliphatic rings. The first-order valence-corrected chi connectivity index (χ1v) is 8.45. The second-order valence-corrected chi connectivity index (χ2v) is 5.71. The number of guanidine groups is 1. The van der Waals surface area contributed by atoms with E-state index in [-0.39, 0.29) is 12.4 Å². The molecule has 0 aliphatic carbocycles. The molecule has 2 N–H and O–H groups in total. The third kappa shape index (κ3) is 5.61. The molecular formula is C20H23FN4O2. The van der Waals surface area contributed by atoms with E-state index < -0.39 is 0 Å². The Hall–Kier alpha value is -3.27. The molecule has 0 saturated heterocycles. The zero-order valence-electron chi connectivity index (χ0n) is 15.7. The molecule has 0 aliphatic heterocycles. The van der Waals surface area contributed by atoms with Crippen LogP contribution < -0.4 is 20.1 Å². The molecule has 0 fully saturated rings. The second-order valence-electron chi connectivity index (χ2n) is 5.71. The van der Waals surface area contributed by atoms with E-state index in [1.165, 1.54) is 18.2 Å². The Labute approximate surface area is 158 Å². The molecule has 0 atom stereocenters. The first-order chi connectivity index (χ1) is 13.1. The van der Waals surface area contributed by atoms with Crippen molar-refractivity contribution in [1.82, 2.24) is 10.6 Å². The fourth-order valence-corrected chi connectivity index (χ4v) is 2.54. The molecule has 2 aromatic carbocycles. The molecule has 0 bridgehead atoms. The summed E-state index contributed by atoms with van der Waals surface area (Å²) >= 11 is 0. The van der Waals surface area contributed by atoms with Crippen LogP contribution in [0.15, 0.2) is 41.4 Å². The number of hydrogen-bond acceptors (Lipinski definition) is 4.